The first kappa shape index (κ1) is 22.9. The van der Waals surface area contributed by atoms with E-state index >= 15 is 0 Å². The van der Waals surface area contributed by atoms with Gasteiger partial charge in [-0.2, -0.15) is 10.2 Å². The molecule has 2 heterocycles. The van der Waals surface area contributed by atoms with Gasteiger partial charge in [0, 0.05) is 42.3 Å². The lowest BCUT2D eigenvalue weighted by atomic mass is 10.1. The number of amides is 2. The van der Waals surface area contributed by atoms with Crippen molar-refractivity contribution in [1.29, 1.82) is 0 Å². The molecule has 2 N–H and O–H groups in total. The van der Waals surface area contributed by atoms with Gasteiger partial charge >= 0.3 is 0 Å². The van der Waals surface area contributed by atoms with Gasteiger partial charge in [-0.3, -0.25) is 9.59 Å². The first-order valence-corrected chi connectivity index (χ1v) is 12.0. The topological polar surface area (TPSA) is 82.9 Å². The van der Waals surface area contributed by atoms with E-state index < -0.39 is 0 Å². The molecule has 0 unspecified atom stereocenters. The van der Waals surface area contributed by atoms with Crippen molar-refractivity contribution in [2.75, 3.05) is 0 Å². The molecule has 6 nitrogen and oxygen atoms in total. The van der Waals surface area contributed by atoms with Gasteiger partial charge in [-0.05, 0) is 56.8 Å². The minimum atomic E-state index is -0.0980. The van der Waals surface area contributed by atoms with E-state index in [4.69, 9.17) is 0 Å². The predicted octanol–water partition coefficient (Wildman–Crippen LogP) is 5.28. The van der Waals surface area contributed by atoms with E-state index in [1.165, 1.54) is 0 Å². The smallest absolute Gasteiger partial charge is 0.240 e. The Balaban J connectivity index is 1.47. The molecule has 2 amide bonds. The molecule has 28 heavy (non-hydrogen) atoms. The van der Waals surface area contributed by atoms with E-state index in [0.717, 1.165) is 44.4 Å². The van der Waals surface area contributed by atoms with Gasteiger partial charge < -0.3 is 0 Å². The summed E-state index contributed by atoms with van der Waals surface area (Å²) in [5, 5.41) is 11.8. The summed E-state index contributed by atoms with van der Waals surface area (Å²) in [5.41, 5.74) is 5.05. The van der Waals surface area contributed by atoms with Gasteiger partial charge in [0.2, 0.25) is 11.8 Å². The zero-order valence-corrected chi connectivity index (χ0v) is 19.8. The number of hydrogen-bond donors (Lipinski definition) is 2. The number of unbranched alkanes of at least 4 members (excludes halogenated alkanes) is 3. The Labute approximate surface area is 188 Å². The summed E-state index contributed by atoms with van der Waals surface area (Å²) in [4.78, 5) is 25.3. The molecule has 150 valence electrons. The molecule has 0 spiro atoms. The van der Waals surface area contributed by atoms with Crippen LogP contribution in [0.3, 0.4) is 0 Å². The molecule has 2 aromatic rings. The molecule has 10 heteroatoms. The van der Waals surface area contributed by atoms with Gasteiger partial charge in [0.15, 0.2) is 0 Å². The molecule has 0 aliphatic carbocycles. The lowest BCUT2D eigenvalue weighted by molar-refractivity contribution is -0.122. The maximum absolute atomic E-state index is 11.7. The van der Waals surface area contributed by atoms with Crippen molar-refractivity contribution in [3.8, 4) is 0 Å². The molecule has 0 aromatic carbocycles. The van der Waals surface area contributed by atoms with Gasteiger partial charge in [0.05, 0.1) is 12.4 Å². The second-order valence-electron chi connectivity index (χ2n) is 5.84. The summed E-state index contributed by atoms with van der Waals surface area (Å²) >= 11 is 9.83. The van der Waals surface area contributed by atoms with Crippen LogP contribution < -0.4 is 10.9 Å². The zero-order chi connectivity index (χ0) is 20.2. The van der Waals surface area contributed by atoms with Gasteiger partial charge in [-0.25, -0.2) is 10.9 Å². The standard InChI is InChI=1S/C18H20Br2N4O2S2/c19-13-7-15(27-11-13)9-21-23-17(25)5-3-1-2-4-6-18(26)24-22-10-16-8-14(20)12-28-16/h7-12H,1-6H2,(H,23,25)(H,24,26). The van der Waals surface area contributed by atoms with Crippen molar-refractivity contribution in [2.24, 2.45) is 10.2 Å². The van der Waals surface area contributed by atoms with E-state index in [2.05, 4.69) is 52.9 Å². The van der Waals surface area contributed by atoms with Crippen molar-refractivity contribution in [1.82, 2.24) is 10.9 Å². The summed E-state index contributed by atoms with van der Waals surface area (Å²) in [6.45, 7) is 0. The van der Waals surface area contributed by atoms with Crippen LogP contribution in [0.2, 0.25) is 0 Å². The number of thiophene rings is 2. The summed E-state index contributed by atoms with van der Waals surface area (Å²) in [7, 11) is 0. The van der Waals surface area contributed by atoms with Crippen molar-refractivity contribution in [3.05, 3.63) is 41.6 Å². The largest absolute Gasteiger partial charge is 0.273 e. The quantitative estimate of drug-likeness (QED) is 0.228. The Morgan fingerprint density at radius 3 is 1.61 bits per heavy atom. The highest BCUT2D eigenvalue weighted by Crippen LogP contribution is 2.18. The molecule has 0 fully saturated rings. The average molecular weight is 548 g/mol. The van der Waals surface area contributed by atoms with E-state index in [9.17, 15) is 9.59 Å². The van der Waals surface area contributed by atoms with Gasteiger partial charge in [-0.15, -0.1) is 22.7 Å². The summed E-state index contributed by atoms with van der Waals surface area (Å²) in [6.07, 6.45) is 7.47. The molecule has 2 aromatic heterocycles. The number of halogens is 2. The van der Waals surface area contributed by atoms with Gasteiger partial charge in [-0.1, -0.05) is 12.8 Å². The molecular weight excluding hydrogens is 528 g/mol. The van der Waals surface area contributed by atoms with Crippen LogP contribution in [-0.4, -0.2) is 24.2 Å². The van der Waals surface area contributed by atoms with Crippen LogP contribution in [0.15, 0.2) is 42.0 Å². The maximum atomic E-state index is 11.7. The van der Waals surface area contributed by atoms with Crippen LogP contribution in [0.1, 0.15) is 48.3 Å². The fourth-order valence-electron chi connectivity index (χ4n) is 2.16. The van der Waals surface area contributed by atoms with Crippen LogP contribution in [0.25, 0.3) is 0 Å². The predicted molar refractivity (Wildman–Crippen MR) is 123 cm³/mol. The van der Waals surface area contributed by atoms with E-state index in [0.29, 0.717) is 12.8 Å². The first-order chi connectivity index (χ1) is 13.5. The Bertz CT molecular complexity index is 765. The number of carbonyl (C=O) groups is 2. The minimum absolute atomic E-state index is 0.0980. The van der Waals surface area contributed by atoms with Crippen molar-refractivity contribution < 1.29 is 9.59 Å². The lowest BCUT2D eigenvalue weighted by Crippen LogP contribution is -2.17. The van der Waals surface area contributed by atoms with E-state index in [-0.39, 0.29) is 11.8 Å². The summed E-state index contributed by atoms with van der Waals surface area (Å²) in [6, 6.07) is 3.87. The highest BCUT2D eigenvalue weighted by molar-refractivity contribution is 9.10. The lowest BCUT2D eigenvalue weighted by Gasteiger charge is -2.01. The highest BCUT2D eigenvalue weighted by atomic mass is 79.9. The van der Waals surface area contributed by atoms with Crippen molar-refractivity contribution >= 4 is 78.8 Å². The van der Waals surface area contributed by atoms with Crippen LogP contribution in [0, 0.1) is 0 Å². The number of hydrogen-bond acceptors (Lipinski definition) is 6. The normalized spacial score (nSPS) is 11.4. The second-order valence-corrected chi connectivity index (χ2v) is 9.55. The van der Waals surface area contributed by atoms with Gasteiger partial charge in [0.25, 0.3) is 0 Å². The molecule has 2 rings (SSSR count). The third-order valence-electron chi connectivity index (χ3n) is 3.50. The molecule has 0 saturated carbocycles. The second kappa shape index (κ2) is 13.0. The number of nitrogens with zero attached hydrogens (tertiary/aromatic N) is 2. The molecule has 0 aliphatic heterocycles. The Morgan fingerprint density at radius 1 is 0.821 bits per heavy atom. The SMILES string of the molecule is O=C(CCCCCCC(=O)NN=Cc1cc(Br)cs1)NN=Cc1cc(Br)cs1. The summed E-state index contributed by atoms with van der Waals surface area (Å²) < 4.78 is 2.00. The maximum Gasteiger partial charge on any atom is 0.240 e. The number of rotatable bonds is 11. The monoisotopic (exact) mass is 546 g/mol. The minimum Gasteiger partial charge on any atom is -0.273 e. The summed E-state index contributed by atoms with van der Waals surface area (Å²) in [5.74, 6) is -0.196. The molecule has 0 aliphatic rings. The van der Waals surface area contributed by atoms with E-state index in [1.807, 2.05) is 22.9 Å². The Hall–Kier alpha value is -1.36. The van der Waals surface area contributed by atoms with Gasteiger partial charge in [0.1, 0.15) is 0 Å². The number of carbonyl (C=O) groups excluding carboxylic acids is 2. The van der Waals surface area contributed by atoms with Crippen molar-refractivity contribution in [2.45, 2.75) is 38.5 Å². The highest BCUT2D eigenvalue weighted by Gasteiger charge is 2.02. The third kappa shape index (κ3) is 9.72. The fraction of sp³-hybridized carbons (Fsp3) is 0.333. The molecule has 0 bridgehead atoms. The van der Waals surface area contributed by atoms with Crippen LogP contribution >= 0.6 is 54.5 Å². The molecular formula is C18H20Br2N4O2S2. The molecule has 0 atom stereocenters. The van der Waals surface area contributed by atoms with E-state index in [1.54, 1.807) is 35.1 Å². The third-order valence-corrected chi connectivity index (χ3v) is 6.75. The molecule has 0 saturated heterocycles. The Kier molecular flexibility index (Phi) is 10.6. The van der Waals surface area contributed by atoms with Crippen LogP contribution in [0.4, 0.5) is 0 Å². The molecule has 0 radical (unpaired) electrons. The first-order valence-electron chi connectivity index (χ1n) is 8.65. The van der Waals surface area contributed by atoms with Crippen LogP contribution in [-0.2, 0) is 9.59 Å². The fourth-order valence-corrected chi connectivity index (χ4v) is 4.77. The van der Waals surface area contributed by atoms with Crippen LogP contribution in [0.5, 0.6) is 0 Å². The van der Waals surface area contributed by atoms with Crippen molar-refractivity contribution in [3.63, 3.8) is 0 Å². The average Bonchev–Trinajstić information content (AvgIpc) is 3.26. The number of hydrazone groups is 2. The Morgan fingerprint density at radius 2 is 1.25 bits per heavy atom. The zero-order valence-electron chi connectivity index (χ0n) is 15.0. The number of nitrogens with one attached hydrogen (secondary N) is 2.